The van der Waals surface area contributed by atoms with Crippen molar-refractivity contribution in [3.8, 4) is 0 Å². The molecule has 2 fully saturated rings. The van der Waals surface area contributed by atoms with Crippen LogP contribution in [0.2, 0.25) is 0 Å². The van der Waals surface area contributed by atoms with E-state index in [1.54, 1.807) is 0 Å². The Hall–Kier alpha value is 0.140. The molecule has 1 saturated carbocycles. The minimum absolute atomic E-state index is 0. The summed E-state index contributed by atoms with van der Waals surface area (Å²) >= 11 is 0. The Kier molecular flexibility index (Phi) is 2.73. The van der Waals surface area contributed by atoms with Gasteiger partial charge in [0.15, 0.2) is 0 Å². The lowest BCUT2D eigenvalue weighted by Crippen LogP contribution is -2.26. The summed E-state index contributed by atoms with van der Waals surface area (Å²) in [5.41, 5.74) is 0. The maximum Gasteiger partial charge on any atom is 0.127 e. The van der Waals surface area contributed by atoms with E-state index < -0.39 is 12.3 Å². The molecule has 1 saturated heterocycles. The van der Waals surface area contributed by atoms with E-state index in [1.165, 1.54) is 0 Å². The minimum Gasteiger partial charge on any atom is -0.390 e. The fourth-order valence-corrected chi connectivity index (χ4v) is 2.11. The molecule has 0 aromatic rings. The van der Waals surface area contributed by atoms with E-state index in [-0.39, 0.29) is 18.3 Å². The van der Waals surface area contributed by atoms with Crippen molar-refractivity contribution < 1.29 is 9.50 Å². The SMILES string of the molecule is Cl.O[C@H]1[C@H]2CNC[C@H]2C[C@H]1F. The summed E-state index contributed by atoms with van der Waals surface area (Å²) in [4.78, 5) is 0. The molecule has 2 aliphatic rings. The molecule has 0 unspecified atom stereocenters. The number of aliphatic hydroxyl groups excluding tert-OH is 1. The molecule has 0 aromatic carbocycles. The van der Waals surface area contributed by atoms with Gasteiger partial charge < -0.3 is 10.4 Å². The Morgan fingerprint density at radius 3 is 2.73 bits per heavy atom. The van der Waals surface area contributed by atoms with E-state index in [0.29, 0.717) is 12.3 Å². The van der Waals surface area contributed by atoms with Crippen LogP contribution >= 0.6 is 12.4 Å². The van der Waals surface area contributed by atoms with Gasteiger partial charge in [0.1, 0.15) is 6.17 Å². The van der Waals surface area contributed by atoms with Crippen molar-refractivity contribution in [1.29, 1.82) is 0 Å². The zero-order valence-corrected chi connectivity index (χ0v) is 6.98. The number of aliphatic hydroxyl groups is 1. The zero-order valence-electron chi connectivity index (χ0n) is 6.16. The molecule has 1 aliphatic heterocycles. The van der Waals surface area contributed by atoms with Gasteiger partial charge in [-0.2, -0.15) is 0 Å². The lowest BCUT2D eigenvalue weighted by Gasteiger charge is -2.11. The third-order valence-electron chi connectivity index (χ3n) is 2.73. The predicted molar refractivity (Wildman–Crippen MR) is 42.6 cm³/mol. The van der Waals surface area contributed by atoms with Crippen LogP contribution in [0.1, 0.15) is 6.42 Å². The van der Waals surface area contributed by atoms with Gasteiger partial charge in [0, 0.05) is 12.5 Å². The van der Waals surface area contributed by atoms with Crippen LogP contribution < -0.4 is 5.32 Å². The number of rotatable bonds is 0. The molecule has 0 amide bonds. The maximum absolute atomic E-state index is 12.8. The first-order valence-corrected chi connectivity index (χ1v) is 3.82. The van der Waals surface area contributed by atoms with Crippen LogP contribution in [-0.4, -0.2) is 30.5 Å². The maximum atomic E-state index is 12.8. The van der Waals surface area contributed by atoms with Crippen molar-refractivity contribution in [3.05, 3.63) is 0 Å². The average Bonchev–Trinajstić information content (AvgIpc) is 2.41. The molecule has 0 spiro atoms. The summed E-state index contributed by atoms with van der Waals surface area (Å²) in [7, 11) is 0. The first kappa shape index (κ1) is 9.23. The smallest absolute Gasteiger partial charge is 0.127 e. The molecule has 2 rings (SSSR count). The molecular formula is C7H13ClFNO. The van der Waals surface area contributed by atoms with Crippen LogP contribution in [0.4, 0.5) is 4.39 Å². The molecule has 2 N–H and O–H groups in total. The predicted octanol–water partition coefficient (Wildman–Crippen LogP) is 0.347. The normalized spacial score (nSPS) is 48.5. The molecule has 11 heavy (non-hydrogen) atoms. The molecule has 66 valence electrons. The molecule has 4 atom stereocenters. The van der Waals surface area contributed by atoms with Crippen molar-refractivity contribution in [3.63, 3.8) is 0 Å². The van der Waals surface area contributed by atoms with Gasteiger partial charge in [-0.1, -0.05) is 0 Å². The van der Waals surface area contributed by atoms with Gasteiger partial charge in [-0.25, -0.2) is 4.39 Å². The third-order valence-corrected chi connectivity index (χ3v) is 2.73. The van der Waals surface area contributed by atoms with Crippen LogP contribution in [-0.2, 0) is 0 Å². The highest BCUT2D eigenvalue weighted by Gasteiger charge is 2.44. The molecular weight excluding hydrogens is 169 g/mol. The monoisotopic (exact) mass is 181 g/mol. The van der Waals surface area contributed by atoms with E-state index in [4.69, 9.17) is 0 Å². The van der Waals surface area contributed by atoms with Crippen molar-refractivity contribution in [2.45, 2.75) is 18.7 Å². The summed E-state index contributed by atoms with van der Waals surface area (Å²) in [5.74, 6) is 0.583. The average molecular weight is 182 g/mol. The van der Waals surface area contributed by atoms with E-state index in [0.717, 1.165) is 13.1 Å². The summed E-state index contributed by atoms with van der Waals surface area (Å²) in [6.45, 7) is 1.69. The number of halogens is 2. The summed E-state index contributed by atoms with van der Waals surface area (Å²) in [5, 5.41) is 12.4. The number of fused-ring (bicyclic) bond motifs is 1. The molecule has 0 radical (unpaired) electrons. The second-order valence-corrected chi connectivity index (χ2v) is 3.32. The first-order chi connectivity index (χ1) is 4.79. The second-order valence-electron chi connectivity index (χ2n) is 3.32. The highest BCUT2D eigenvalue weighted by molar-refractivity contribution is 5.85. The van der Waals surface area contributed by atoms with E-state index in [1.807, 2.05) is 0 Å². The molecule has 0 aromatic heterocycles. The fraction of sp³-hybridized carbons (Fsp3) is 1.00. The highest BCUT2D eigenvalue weighted by atomic mass is 35.5. The number of hydrogen-bond acceptors (Lipinski definition) is 2. The summed E-state index contributed by atoms with van der Waals surface area (Å²) in [6, 6.07) is 0. The third kappa shape index (κ3) is 1.37. The van der Waals surface area contributed by atoms with Gasteiger partial charge in [-0.05, 0) is 18.9 Å². The molecule has 1 heterocycles. The van der Waals surface area contributed by atoms with E-state index >= 15 is 0 Å². The Morgan fingerprint density at radius 1 is 1.36 bits per heavy atom. The second kappa shape index (κ2) is 3.25. The van der Waals surface area contributed by atoms with Crippen molar-refractivity contribution in [2.24, 2.45) is 11.8 Å². The zero-order chi connectivity index (χ0) is 7.14. The molecule has 2 nitrogen and oxygen atoms in total. The molecule has 4 heteroatoms. The van der Waals surface area contributed by atoms with Crippen molar-refractivity contribution in [2.75, 3.05) is 13.1 Å². The van der Waals surface area contributed by atoms with Crippen molar-refractivity contribution >= 4 is 12.4 Å². The highest BCUT2D eigenvalue weighted by Crippen LogP contribution is 2.36. The largest absolute Gasteiger partial charge is 0.390 e. The van der Waals surface area contributed by atoms with Crippen LogP contribution in [0.3, 0.4) is 0 Å². The summed E-state index contributed by atoms with van der Waals surface area (Å²) < 4.78 is 12.8. The van der Waals surface area contributed by atoms with Gasteiger partial charge in [0.05, 0.1) is 6.10 Å². The fourth-order valence-electron chi connectivity index (χ4n) is 2.11. The Morgan fingerprint density at radius 2 is 2.09 bits per heavy atom. The van der Waals surface area contributed by atoms with Gasteiger partial charge in [0.2, 0.25) is 0 Å². The molecule has 1 aliphatic carbocycles. The molecule has 0 bridgehead atoms. The van der Waals surface area contributed by atoms with Crippen molar-refractivity contribution in [1.82, 2.24) is 5.32 Å². The van der Waals surface area contributed by atoms with E-state index in [9.17, 15) is 9.50 Å². The minimum atomic E-state index is -0.961. The van der Waals surface area contributed by atoms with Gasteiger partial charge >= 0.3 is 0 Å². The Labute approximate surface area is 71.6 Å². The Bertz CT molecular complexity index is 144. The number of hydrogen-bond donors (Lipinski definition) is 2. The topological polar surface area (TPSA) is 32.3 Å². The quantitative estimate of drug-likeness (QED) is 0.565. The van der Waals surface area contributed by atoms with E-state index in [2.05, 4.69) is 5.32 Å². The number of alkyl halides is 1. The van der Waals surface area contributed by atoms with Crippen LogP contribution in [0.15, 0.2) is 0 Å². The lowest BCUT2D eigenvalue weighted by atomic mass is 10.00. The Balaban J connectivity index is 0.000000605. The van der Waals surface area contributed by atoms with Crippen LogP contribution in [0, 0.1) is 11.8 Å². The van der Waals surface area contributed by atoms with Crippen LogP contribution in [0.5, 0.6) is 0 Å². The summed E-state index contributed by atoms with van der Waals surface area (Å²) in [6.07, 6.45) is -1.10. The van der Waals surface area contributed by atoms with Crippen LogP contribution in [0.25, 0.3) is 0 Å². The lowest BCUT2D eigenvalue weighted by molar-refractivity contribution is 0.0709. The van der Waals surface area contributed by atoms with Gasteiger partial charge in [0.25, 0.3) is 0 Å². The first-order valence-electron chi connectivity index (χ1n) is 3.82. The van der Waals surface area contributed by atoms with Gasteiger partial charge in [-0.3, -0.25) is 0 Å². The van der Waals surface area contributed by atoms with Gasteiger partial charge in [-0.15, -0.1) is 12.4 Å². The standard InChI is InChI=1S/C7H12FNO.ClH/c8-6-1-4-2-9-3-5(4)7(6)10;/h4-7,9-10H,1-3H2;1H/t4-,5+,6-,7+;/m1./s1. The number of nitrogens with one attached hydrogen (secondary N) is 1.